The first-order valence-corrected chi connectivity index (χ1v) is 6.03. The average Bonchev–Trinajstić information content (AvgIpc) is 2.14. The van der Waals surface area contributed by atoms with Gasteiger partial charge in [0.25, 0.3) is 0 Å². The molecule has 2 heteroatoms. The molecule has 0 heterocycles. The molecule has 0 amide bonds. The number of hydrogen-bond donors (Lipinski definition) is 0. The Hall–Kier alpha value is -0.340. The van der Waals surface area contributed by atoms with Gasteiger partial charge >= 0.3 is 0 Å². The van der Waals surface area contributed by atoms with E-state index in [0.29, 0.717) is 0 Å². The van der Waals surface area contributed by atoms with Crippen LogP contribution in [0.1, 0.15) is 31.1 Å². The van der Waals surface area contributed by atoms with Crippen LogP contribution in [0.5, 0.6) is 0 Å². The second-order valence-electron chi connectivity index (χ2n) is 3.74. The summed E-state index contributed by atoms with van der Waals surface area (Å²) >= 11 is 3.48. The van der Waals surface area contributed by atoms with Crippen molar-refractivity contribution in [3.63, 3.8) is 0 Å². The first-order valence-electron chi connectivity index (χ1n) is 4.91. The molecule has 0 fully saturated rings. The summed E-state index contributed by atoms with van der Waals surface area (Å²) in [6, 6.07) is 8.46. The SMILES string of the molecule is Cc1cccc(C(CBr)OC(C)C)c1. The van der Waals surface area contributed by atoms with Crippen LogP contribution in [0.3, 0.4) is 0 Å². The van der Waals surface area contributed by atoms with E-state index in [9.17, 15) is 0 Å². The summed E-state index contributed by atoms with van der Waals surface area (Å²) in [7, 11) is 0. The lowest BCUT2D eigenvalue weighted by Gasteiger charge is -2.18. The van der Waals surface area contributed by atoms with Gasteiger partial charge in [-0.1, -0.05) is 45.8 Å². The van der Waals surface area contributed by atoms with E-state index in [1.165, 1.54) is 11.1 Å². The van der Waals surface area contributed by atoms with Crippen LogP contribution in [0, 0.1) is 6.92 Å². The molecule has 0 saturated heterocycles. The number of aryl methyl sites for hydroxylation is 1. The Balaban J connectivity index is 2.78. The van der Waals surface area contributed by atoms with Crippen molar-refractivity contribution in [2.24, 2.45) is 0 Å². The Morgan fingerprint density at radius 2 is 2.07 bits per heavy atom. The largest absolute Gasteiger partial charge is 0.370 e. The Kier molecular flexibility index (Phi) is 4.63. The monoisotopic (exact) mass is 256 g/mol. The van der Waals surface area contributed by atoms with E-state index in [1.807, 2.05) is 0 Å². The molecular formula is C12H17BrO. The zero-order chi connectivity index (χ0) is 10.6. The molecule has 0 radical (unpaired) electrons. The second-order valence-corrected chi connectivity index (χ2v) is 4.39. The third-order valence-electron chi connectivity index (χ3n) is 1.99. The molecule has 0 aromatic heterocycles. The molecule has 78 valence electrons. The van der Waals surface area contributed by atoms with Crippen LogP contribution in [0.2, 0.25) is 0 Å². The van der Waals surface area contributed by atoms with Crippen molar-refractivity contribution in [3.8, 4) is 0 Å². The van der Waals surface area contributed by atoms with E-state index in [-0.39, 0.29) is 12.2 Å². The van der Waals surface area contributed by atoms with E-state index < -0.39 is 0 Å². The van der Waals surface area contributed by atoms with Gasteiger partial charge in [0.05, 0.1) is 12.2 Å². The summed E-state index contributed by atoms with van der Waals surface area (Å²) in [5, 5.41) is 0.842. The predicted octanol–water partition coefficient (Wildman–Crippen LogP) is 3.86. The van der Waals surface area contributed by atoms with Crippen LogP contribution >= 0.6 is 15.9 Å². The lowest BCUT2D eigenvalue weighted by Crippen LogP contribution is -2.11. The zero-order valence-electron chi connectivity index (χ0n) is 8.96. The fraction of sp³-hybridized carbons (Fsp3) is 0.500. The van der Waals surface area contributed by atoms with Gasteiger partial charge in [-0.2, -0.15) is 0 Å². The predicted molar refractivity (Wildman–Crippen MR) is 63.9 cm³/mol. The van der Waals surface area contributed by atoms with Crippen LogP contribution in [0.4, 0.5) is 0 Å². The van der Waals surface area contributed by atoms with Crippen molar-refractivity contribution >= 4 is 15.9 Å². The van der Waals surface area contributed by atoms with E-state index in [2.05, 4.69) is 61.0 Å². The molecule has 0 saturated carbocycles. The highest BCUT2D eigenvalue weighted by Crippen LogP contribution is 2.22. The van der Waals surface area contributed by atoms with Crippen molar-refractivity contribution in [1.29, 1.82) is 0 Å². The van der Waals surface area contributed by atoms with Crippen molar-refractivity contribution in [1.82, 2.24) is 0 Å². The van der Waals surface area contributed by atoms with Gasteiger partial charge in [0.1, 0.15) is 0 Å². The van der Waals surface area contributed by atoms with Crippen molar-refractivity contribution in [2.45, 2.75) is 33.0 Å². The summed E-state index contributed by atoms with van der Waals surface area (Å²) < 4.78 is 5.79. The van der Waals surface area contributed by atoms with Gasteiger partial charge in [0.2, 0.25) is 0 Å². The number of alkyl halides is 1. The first kappa shape index (κ1) is 11.7. The summed E-state index contributed by atoms with van der Waals surface area (Å²) in [6.45, 7) is 6.22. The topological polar surface area (TPSA) is 9.23 Å². The normalized spacial score (nSPS) is 13.2. The number of rotatable bonds is 4. The van der Waals surface area contributed by atoms with Crippen LogP contribution in [-0.4, -0.2) is 11.4 Å². The smallest absolute Gasteiger partial charge is 0.0925 e. The van der Waals surface area contributed by atoms with E-state index in [1.54, 1.807) is 0 Å². The Morgan fingerprint density at radius 3 is 2.57 bits per heavy atom. The minimum Gasteiger partial charge on any atom is -0.370 e. The van der Waals surface area contributed by atoms with Gasteiger partial charge in [-0.3, -0.25) is 0 Å². The van der Waals surface area contributed by atoms with Gasteiger partial charge in [-0.25, -0.2) is 0 Å². The average molecular weight is 257 g/mol. The van der Waals surface area contributed by atoms with Gasteiger partial charge in [0, 0.05) is 5.33 Å². The van der Waals surface area contributed by atoms with Crippen LogP contribution < -0.4 is 0 Å². The number of ether oxygens (including phenoxy) is 1. The van der Waals surface area contributed by atoms with Gasteiger partial charge in [-0.15, -0.1) is 0 Å². The number of hydrogen-bond acceptors (Lipinski definition) is 1. The van der Waals surface area contributed by atoms with Gasteiger partial charge < -0.3 is 4.74 Å². The lowest BCUT2D eigenvalue weighted by atomic mass is 10.1. The summed E-state index contributed by atoms with van der Waals surface area (Å²) in [5.41, 5.74) is 2.52. The minimum absolute atomic E-state index is 0.162. The molecule has 1 nitrogen and oxygen atoms in total. The fourth-order valence-electron chi connectivity index (χ4n) is 1.40. The zero-order valence-corrected chi connectivity index (χ0v) is 10.5. The summed E-state index contributed by atoms with van der Waals surface area (Å²) in [4.78, 5) is 0. The Labute approximate surface area is 94.6 Å². The highest BCUT2D eigenvalue weighted by Gasteiger charge is 2.11. The summed E-state index contributed by atoms with van der Waals surface area (Å²) in [5.74, 6) is 0. The molecule has 0 aliphatic carbocycles. The summed E-state index contributed by atoms with van der Waals surface area (Å²) in [6.07, 6.45) is 0.424. The molecule has 1 atom stereocenters. The third-order valence-corrected chi connectivity index (χ3v) is 2.58. The maximum atomic E-state index is 5.79. The number of benzene rings is 1. The Morgan fingerprint density at radius 1 is 1.36 bits per heavy atom. The van der Waals surface area contributed by atoms with Crippen molar-refractivity contribution in [3.05, 3.63) is 35.4 Å². The maximum Gasteiger partial charge on any atom is 0.0925 e. The van der Waals surface area contributed by atoms with Gasteiger partial charge in [-0.05, 0) is 26.3 Å². The van der Waals surface area contributed by atoms with E-state index >= 15 is 0 Å². The lowest BCUT2D eigenvalue weighted by molar-refractivity contribution is 0.0214. The molecule has 14 heavy (non-hydrogen) atoms. The molecule has 0 aliphatic rings. The molecule has 1 aromatic carbocycles. The van der Waals surface area contributed by atoms with Crippen molar-refractivity contribution in [2.75, 3.05) is 5.33 Å². The molecule has 1 rings (SSSR count). The first-order chi connectivity index (χ1) is 6.63. The molecule has 1 aromatic rings. The molecule has 0 aliphatic heterocycles. The molecule has 0 bridgehead atoms. The highest BCUT2D eigenvalue weighted by atomic mass is 79.9. The van der Waals surface area contributed by atoms with Crippen molar-refractivity contribution < 1.29 is 4.74 Å². The Bertz CT molecular complexity index is 283. The third kappa shape index (κ3) is 3.43. The van der Waals surface area contributed by atoms with Crippen LogP contribution in [0.15, 0.2) is 24.3 Å². The standard InChI is InChI=1S/C12H17BrO/c1-9(2)14-12(8-13)11-6-4-5-10(3)7-11/h4-7,9,12H,8H2,1-3H3. The minimum atomic E-state index is 0.162. The molecule has 0 N–H and O–H groups in total. The second kappa shape index (κ2) is 5.52. The molecule has 0 spiro atoms. The number of halogens is 1. The quantitative estimate of drug-likeness (QED) is 0.744. The maximum absolute atomic E-state index is 5.79. The highest BCUT2D eigenvalue weighted by molar-refractivity contribution is 9.09. The van der Waals surface area contributed by atoms with Gasteiger partial charge in [0.15, 0.2) is 0 Å². The van der Waals surface area contributed by atoms with Crippen LogP contribution in [-0.2, 0) is 4.74 Å². The van der Waals surface area contributed by atoms with E-state index in [4.69, 9.17) is 4.74 Å². The fourth-order valence-corrected chi connectivity index (χ4v) is 1.93. The molecular weight excluding hydrogens is 240 g/mol. The van der Waals surface area contributed by atoms with Crippen LogP contribution in [0.25, 0.3) is 0 Å². The van der Waals surface area contributed by atoms with E-state index in [0.717, 1.165) is 5.33 Å². The molecule has 1 unspecified atom stereocenters.